The molecule has 0 saturated heterocycles. The molecule has 0 spiro atoms. The number of likely N-dealkylation sites (N-methyl/N-ethyl adjacent to an activating group) is 1. The summed E-state index contributed by atoms with van der Waals surface area (Å²) >= 11 is 3.34. The number of carbonyl (C=O) groups excluding carboxylic acids is 2. The van der Waals surface area contributed by atoms with E-state index >= 15 is 0 Å². The number of carbonyl (C=O) groups is 2. The van der Waals surface area contributed by atoms with Gasteiger partial charge in [0.1, 0.15) is 0 Å². The van der Waals surface area contributed by atoms with Gasteiger partial charge in [-0.2, -0.15) is 0 Å². The lowest BCUT2D eigenvalue weighted by Crippen LogP contribution is -2.29. The number of Topliss-reactive ketones (excluding diaryl/α,β-unsaturated/α-hetero) is 1. The monoisotopic (exact) mass is 374 g/mol. The molecule has 5 heteroatoms. The van der Waals surface area contributed by atoms with Crippen molar-refractivity contribution in [3.8, 4) is 0 Å². The Morgan fingerprint density at radius 2 is 1.83 bits per heavy atom. The van der Waals surface area contributed by atoms with E-state index < -0.39 is 0 Å². The molecule has 120 valence electrons. The Kier molecular flexibility index (Phi) is 6.47. The van der Waals surface area contributed by atoms with Crippen LogP contribution in [0, 0.1) is 0 Å². The second-order valence-corrected chi connectivity index (χ2v) is 6.23. The molecule has 0 saturated carbocycles. The molecule has 1 amide bonds. The van der Waals surface area contributed by atoms with Gasteiger partial charge < -0.3 is 4.90 Å². The summed E-state index contributed by atoms with van der Waals surface area (Å²) in [4.78, 5) is 30.1. The van der Waals surface area contributed by atoms with Gasteiger partial charge in [0.25, 0.3) is 0 Å². The highest BCUT2D eigenvalue weighted by molar-refractivity contribution is 9.10. The number of hydrogen-bond donors (Lipinski definition) is 0. The van der Waals surface area contributed by atoms with Crippen molar-refractivity contribution in [1.29, 1.82) is 0 Å². The standard InChI is InChI=1S/C18H19BrN2O2/c1-21(13-11-16-4-2-3-12-20-16)18(23)10-9-17(22)14-5-7-15(19)8-6-14/h2-8,12H,9-11,13H2,1H3. The van der Waals surface area contributed by atoms with Crippen LogP contribution in [0.4, 0.5) is 0 Å². The fourth-order valence-corrected chi connectivity index (χ4v) is 2.41. The molecule has 0 aliphatic heterocycles. The molecule has 1 heterocycles. The smallest absolute Gasteiger partial charge is 0.222 e. The highest BCUT2D eigenvalue weighted by atomic mass is 79.9. The average Bonchev–Trinajstić information content (AvgIpc) is 2.58. The molecular formula is C18H19BrN2O2. The highest BCUT2D eigenvalue weighted by Crippen LogP contribution is 2.13. The molecule has 0 N–H and O–H groups in total. The number of nitrogens with zero attached hydrogens (tertiary/aromatic N) is 2. The van der Waals surface area contributed by atoms with E-state index in [1.54, 1.807) is 30.3 Å². The van der Waals surface area contributed by atoms with Gasteiger partial charge >= 0.3 is 0 Å². The molecule has 0 aliphatic carbocycles. The van der Waals surface area contributed by atoms with Crippen LogP contribution in [-0.4, -0.2) is 35.2 Å². The summed E-state index contributed by atoms with van der Waals surface area (Å²) in [5.74, 6) is -0.0321. The first-order chi connectivity index (χ1) is 11.1. The summed E-state index contributed by atoms with van der Waals surface area (Å²) in [6.45, 7) is 0.600. The number of ketones is 1. The number of amides is 1. The third-order valence-corrected chi connectivity index (χ3v) is 4.12. The summed E-state index contributed by atoms with van der Waals surface area (Å²) in [7, 11) is 1.76. The fraction of sp³-hybridized carbons (Fsp3) is 0.278. The van der Waals surface area contributed by atoms with Gasteiger partial charge in [-0.1, -0.05) is 34.1 Å². The van der Waals surface area contributed by atoms with Crippen molar-refractivity contribution in [2.75, 3.05) is 13.6 Å². The Bertz CT molecular complexity index is 656. The quantitative estimate of drug-likeness (QED) is 0.696. The Hall–Kier alpha value is -2.01. The minimum atomic E-state index is -0.0219. The van der Waals surface area contributed by atoms with Crippen molar-refractivity contribution < 1.29 is 9.59 Å². The van der Waals surface area contributed by atoms with Crippen molar-refractivity contribution in [1.82, 2.24) is 9.88 Å². The first kappa shape index (κ1) is 17.3. The van der Waals surface area contributed by atoms with Crippen LogP contribution in [0.2, 0.25) is 0 Å². The lowest BCUT2D eigenvalue weighted by molar-refractivity contribution is -0.129. The minimum Gasteiger partial charge on any atom is -0.345 e. The van der Waals surface area contributed by atoms with E-state index in [1.807, 2.05) is 30.3 Å². The predicted molar refractivity (Wildman–Crippen MR) is 93.3 cm³/mol. The number of benzene rings is 1. The lowest BCUT2D eigenvalue weighted by Gasteiger charge is -2.16. The van der Waals surface area contributed by atoms with Gasteiger partial charge in [-0.25, -0.2) is 0 Å². The maximum absolute atomic E-state index is 12.1. The summed E-state index contributed by atoms with van der Waals surface area (Å²) in [6.07, 6.45) is 2.92. The molecule has 23 heavy (non-hydrogen) atoms. The van der Waals surface area contributed by atoms with Crippen LogP contribution in [0.3, 0.4) is 0 Å². The van der Waals surface area contributed by atoms with Crippen LogP contribution in [0.15, 0.2) is 53.1 Å². The second kappa shape index (κ2) is 8.58. The van der Waals surface area contributed by atoms with E-state index in [1.165, 1.54) is 0 Å². The number of aromatic nitrogens is 1. The Morgan fingerprint density at radius 1 is 1.09 bits per heavy atom. The number of hydrogen-bond acceptors (Lipinski definition) is 3. The summed E-state index contributed by atoms with van der Waals surface area (Å²) in [5, 5.41) is 0. The van der Waals surface area contributed by atoms with Gasteiger partial charge in [0.15, 0.2) is 5.78 Å². The highest BCUT2D eigenvalue weighted by Gasteiger charge is 2.13. The van der Waals surface area contributed by atoms with E-state index in [0.29, 0.717) is 18.5 Å². The normalized spacial score (nSPS) is 10.3. The Balaban J connectivity index is 1.77. The molecule has 0 atom stereocenters. The van der Waals surface area contributed by atoms with Crippen molar-refractivity contribution >= 4 is 27.6 Å². The van der Waals surface area contributed by atoms with Crippen LogP contribution >= 0.6 is 15.9 Å². The SMILES string of the molecule is CN(CCc1ccccn1)C(=O)CCC(=O)c1ccc(Br)cc1. The van der Waals surface area contributed by atoms with Crippen LogP contribution in [0.1, 0.15) is 28.9 Å². The van der Waals surface area contributed by atoms with Crippen molar-refractivity contribution in [3.63, 3.8) is 0 Å². The molecule has 2 rings (SSSR count). The topological polar surface area (TPSA) is 50.3 Å². The van der Waals surface area contributed by atoms with E-state index in [0.717, 1.165) is 10.2 Å². The summed E-state index contributed by atoms with van der Waals surface area (Å²) < 4.78 is 0.930. The summed E-state index contributed by atoms with van der Waals surface area (Å²) in [6, 6.07) is 12.9. The van der Waals surface area contributed by atoms with Crippen LogP contribution in [-0.2, 0) is 11.2 Å². The van der Waals surface area contributed by atoms with E-state index in [2.05, 4.69) is 20.9 Å². The molecule has 1 aromatic carbocycles. The number of rotatable bonds is 7. The van der Waals surface area contributed by atoms with Gasteiger partial charge in [-0.3, -0.25) is 14.6 Å². The molecule has 4 nitrogen and oxygen atoms in total. The van der Waals surface area contributed by atoms with Gasteiger partial charge in [0.05, 0.1) is 0 Å². The largest absolute Gasteiger partial charge is 0.345 e. The van der Waals surface area contributed by atoms with E-state index in [-0.39, 0.29) is 24.5 Å². The maximum Gasteiger partial charge on any atom is 0.222 e. The number of pyridine rings is 1. The minimum absolute atomic E-state index is 0.0102. The van der Waals surface area contributed by atoms with Gasteiger partial charge in [-0.15, -0.1) is 0 Å². The van der Waals surface area contributed by atoms with Gasteiger partial charge in [0.2, 0.25) is 5.91 Å². The van der Waals surface area contributed by atoms with Crippen LogP contribution < -0.4 is 0 Å². The van der Waals surface area contributed by atoms with Crippen molar-refractivity contribution in [2.24, 2.45) is 0 Å². The number of halogens is 1. The molecule has 0 bridgehead atoms. The van der Waals surface area contributed by atoms with Gasteiger partial charge in [0, 0.05) is 54.8 Å². The Labute approximate surface area is 144 Å². The first-order valence-electron chi connectivity index (χ1n) is 7.49. The molecule has 0 unspecified atom stereocenters. The van der Waals surface area contributed by atoms with Crippen LogP contribution in [0.25, 0.3) is 0 Å². The zero-order valence-corrected chi connectivity index (χ0v) is 14.6. The molecule has 1 aromatic heterocycles. The first-order valence-corrected chi connectivity index (χ1v) is 8.28. The average molecular weight is 375 g/mol. The predicted octanol–water partition coefficient (Wildman–Crippen LogP) is 3.51. The third-order valence-electron chi connectivity index (χ3n) is 3.59. The summed E-state index contributed by atoms with van der Waals surface area (Å²) in [5.41, 5.74) is 1.59. The van der Waals surface area contributed by atoms with Gasteiger partial charge in [-0.05, 0) is 24.3 Å². The van der Waals surface area contributed by atoms with Crippen molar-refractivity contribution in [3.05, 3.63) is 64.4 Å². The van der Waals surface area contributed by atoms with E-state index in [4.69, 9.17) is 0 Å². The zero-order valence-electron chi connectivity index (χ0n) is 13.0. The van der Waals surface area contributed by atoms with Crippen LogP contribution in [0.5, 0.6) is 0 Å². The molecule has 0 aliphatic rings. The third kappa shape index (κ3) is 5.60. The molecule has 0 radical (unpaired) electrons. The second-order valence-electron chi connectivity index (χ2n) is 5.32. The Morgan fingerprint density at radius 3 is 2.48 bits per heavy atom. The fourth-order valence-electron chi connectivity index (χ4n) is 2.14. The maximum atomic E-state index is 12.1. The zero-order chi connectivity index (χ0) is 16.7. The molecular weight excluding hydrogens is 356 g/mol. The molecule has 0 fully saturated rings. The molecule has 2 aromatic rings. The van der Waals surface area contributed by atoms with Crippen molar-refractivity contribution in [2.45, 2.75) is 19.3 Å². The van der Waals surface area contributed by atoms with E-state index in [9.17, 15) is 9.59 Å². The lowest BCUT2D eigenvalue weighted by atomic mass is 10.1.